The first kappa shape index (κ1) is 23.4. The zero-order chi connectivity index (χ0) is 23.4. The van der Waals surface area contributed by atoms with E-state index < -0.39 is 11.8 Å². The Labute approximate surface area is 204 Å². The lowest BCUT2D eigenvalue weighted by atomic mass is 10.1. The maximum Gasteiger partial charge on any atom is 0.251 e. The summed E-state index contributed by atoms with van der Waals surface area (Å²) in [5.41, 5.74) is 1.71. The van der Waals surface area contributed by atoms with E-state index in [0.717, 1.165) is 9.35 Å². The van der Waals surface area contributed by atoms with Crippen molar-refractivity contribution in [3.8, 4) is 6.07 Å². The largest absolute Gasteiger partial charge is 0.356 e. The number of thiophene rings is 1. The molecule has 0 saturated carbocycles. The molecular formula is C23H23BrN4O4S. The van der Waals surface area contributed by atoms with E-state index in [0.29, 0.717) is 49.5 Å². The van der Waals surface area contributed by atoms with E-state index >= 15 is 0 Å². The van der Waals surface area contributed by atoms with E-state index in [-0.39, 0.29) is 18.4 Å². The molecule has 172 valence electrons. The second kappa shape index (κ2) is 10.1. The summed E-state index contributed by atoms with van der Waals surface area (Å²) in [6, 6.07) is 10.4. The van der Waals surface area contributed by atoms with Crippen LogP contribution in [0.2, 0.25) is 0 Å². The molecule has 3 heterocycles. The lowest BCUT2D eigenvalue weighted by molar-refractivity contribution is -0.146. The van der Waals surface area contributed by atoms with Crippen LogP contribution < -0.4 is 10.6 Å². The predicted octanol–water partition coefficient (Wildman–Crippen LogP) is 2.76. The zero-order valence-corrected chi connectivity index (χ0v) is 20.2. The number of hydrogen-bond donors (Lipinski definition) is 2. The van der Waals surface area contributed by atoms with Gasteiger partial charge in [0.25, 0.3) is 5.91 Å². The summed E-state index contributed by atoms with van der Waals surface area (Å²) in [5, 5.41) is 16.5. The van der Waals surface area contributed by atoms with Crippen LogP contribution in [0.1, 0.15) is 27.2 Å². The average molecular weight is 531 g/mol. The highest BCUT2D eigenvalue weighted by Gasteiger charge is 2.51. The Morgan fingerprint density at radius 1 is 1.27 bits per heavy atom. The molecule has 0 radical (unpaired) electrons. The van der Waals surface area contributed by atoms with Crippen molar-refractivity contribution in [2.24, 2.45) is 0 Å². The number of nitrogens with one attached hydrogen (secondary N) is 2. The van der Waals surface area contributed by atoms with E-state index in [1.165, 1.54) is 11.3 Å². The molecule has 0 bridgehead atoms. The smallest absolute Gasteiger partial charge is 0.251 e. The average Bonchev–Trinajstić information content (AvgIpc) is 3.56. The third-order valence-electron chi connectivity index (χ3n) is 5.59. The Morgan fingerprint density at radius 3 is 2.67 bits per heavy atom. The number of amides is 2. The molecule has 1 spiro atoms. The van der Waals surface area contributed by atoms with E-state index in [2.05, 4.69) is 39.2 Å². The highest BCUT2D eigenvalue weighted by molar-refractivity contribution is 9.10. The summed E-state index contributed by atoms with van der Waals surface area (Å²) in [7, 11) is 0. The molecule has 1 aromatic heterocycles. The number of carbonyl (C=O) groups is 2. The predicted molar refractivity (Wildman–Crippen MR) is 126 cm³/mol. The second-order valence-corrected chi connectivity index (χ2v) is 9.75. The van der Waals surface area contributed by atoms with Gasteiger partial charge in [-0.05, 0) is 30.3 Å². The minimum Gasteiger partial charge on any atom is -0.356 e. The fraction of sp³-hybridized carbons (Fsp3) is 0.348. The number of rotatable bonds is 7. The standard InChI is InChI=1S/C23H23BrN4O4S/c1-15(11-26-21(29)17-2-4-18(24)5-3-17)28-14-23(31-6-7-32-23)9-20(28)22(30)27-12-19-8-16(10-25)13-33-19/h2-5,8,13,20H,1,6-7,9,11-12,14H2,(H,26,29)(H,27,30)/t20-/m0/s1. The Kier molecular flexibility index (Phi) is 7.14. The third-order valence-corrected chi connectivity index (χ3v) is 7.06. The van der Waals surface area contributed by atoms with Crippen molar-refractivity contribution in [1.82, 2.24) is 15.5 Å². The van der Waals surface area contributed by atoms with Gasteiger partial charge in [0.1, 0.15) is 12.1 Å². The van der Waals surface area contributed by atoms with Crippen LogP contribution in [0.3, 0.4) is 0 Å². The van der Waals surface area contributed by atoms with Crippen LogP contribution in [0.4, 0.5) is 0 Å². The van der Waals surface area contributed by atoms with Crippen molar-refractivity contribution in [1.29, 1.82) is 5.26 Å². The first-order valence-electron chi connectivity index (χ1n) is 10.4. The minimum atomic E-state index is -0.850. The number of benzene rings is 1. The van der Waals surface area contributed by atoms with Crippen molar-refractivity contribution in [3.63, 3.8) is 0 Å². The van der Waals surface area contributed by atoms with Crippen LogP contribution in [0, 0.1) is 11.3 Å². The van der Waals surface area contributed by atoms with Gasteiger partial charge in [0, 0.05) is 32.4 Å². The Hall–Kier alpha value is -2.71. The van der Waals surface area contributed by atoms with Crippen molar-refractivity contribution in [2.75, 3.05) is 26.3 Å². The van der Waals surface area contributed by atoms with Gasteiger partial charge in [-0.25, -0.2) is 0 Å². The van der Waals surface area contributed by atoms with Gasteiger partial charge in [-0.15, -0.1) is 11.3 Å². The molecule has 1 atom stereocenters. The Bertz CT molecular complexity index is 1090. The number of likely N-dealkylation sites (tertiary alicyclic amines) is 1. The minimum absolute atomic E-state index is 0.182. The first-order chi connectivity index (χ1) is 15.9. The Morgan fingerprint density at radius 2 is 2.00 bits per heavy atom. The first-order valence-corrected chi connectivity index (χ1v) is 12.1. The number of hydrogen-bond acceptors (Lipinski definition) is 7. The fourth-order valence-corrected chi connectivity index (χ4v) is 4.94. The summed E-state index contributed by atoms with van der Waals surface area (Å²) >= 11 is 4.78. The summed E-state index contributed by atoms with van der Waals surface area (Å²) in [6.07, 6.45) is 0.367. The van der Waals surface area contributed by atoms with Crippen molar-refractivity contribution < 1.29 is 19.1 Å². The third kappa shape index (κ3) is 5.45. The quantitative estimate of drug-likeness (QED) is 0.570. The molecule has 1 aromatic carbocycles. The lowest BCUT2D eigenvalue weighted by Crippen LogP contribution is -2.44. The summed E-state index contributed by atoms with van der Waals surface area (Å²) in [6.45, 7) is 5.93. The summed E-state index contributed by atoms with van der Waals surface area (Å²) in [4.78, 5) is 28.3. The maximum absolute atomic E-state index is 13.1. The number of nitrogens with zero attached hydrogens (tertiary/aromatic N) is 2. The SMILES string of the molecule is C=C(CNC(=O)c1ccc(Br)cc1)N1CC2(C[C@H]1C(=O)NCc1cc(C#N)cs1)OCCO2. The molecule has 4 rings (SSSR count). The molecule has 2 fully saturated rings. The van der Waals surface area contributed by atoms with Crippen LogP contribution in [0.5, 0.6) is 0 Å². The van der Waals surface area contributed by atoms with Crippen LogP contribution in [-0.2, 0) is 20.8 Å². The number of halogens is 1. The second-order valence-electron chi connectivity index (χ2n) is 7.84. The van der Waals surface area contributed by atoms with E-state index in [4.69, 9.17) is 14.7 Å². The van der Waals surface area contributed by atoms with Crippen LogP contribution in [0.15, 0.2) is 52.5 Å². The normalized spacial score (nSPS) is 18.8. The van der Waals surface area contributed by atoms with Crippen LogP contribution in [0.25, 0.3) is 0 Å². The van der Waals surface area contributed by atoms with E-state index in [9.17, 15) is 9.59 Å². The number of carbonyl (C=O) groups excluding carboxylic acids is 2. The molecule has 2 aliphatic heterocycles. The number of nitriles is 1. The van der Waals surface area contributed by atoms with Gasteiger partial charge in [0.05, 0.1) is 38.4 Å². The Balaban J connectivity index is 1.40. The molecular weight excluding hydrogens is 508 g/mol. The molecule has 2 saturated heterocycles. The van der Waals surface area contributed by atoms with E-state index in [1.807, 2.05) is 4.90 Å². The molecule has 10 heteroatoms. The van der Waals surface area contributed by atoms with Crippen molar-refractivity contribution >= 4 is 39.1 Å². The topological polar surface area (TPSA) is 104 Å². The van der Waals surface area contributed by atoms with Gasteiger partial charge in [0.2, 0.25) is 5.91 Å². The number of ether oxygens (including phenoxy) is 2. The maximum atomic E-state index is 13.1. The van der Waals surface area contributed by atoms with Gasteiger partial charge in [0.15, 0.2) is 5.79 Å². The molecule has 8 nitrogen and oxygen atoms in total. The zero-order valence-electron chi connectivity index (χ0n) is 17.8. The molecule has 0 unspecified atom stereocenters. The highest BCUT2D eigenvalue weighted by atomic mass is 79.9. The summed E-state index contributed by atoms with van der Waals surface area (Å²) < 4.78 is 12.6. The highest BCUT2D eigenvalue weighted by Crippen LogP contribution is 2.36. The molecule has 0 aliphatic carbocycles. The van der Waals surface area contributed by atoms with Gasteiger partial charge >= 0.3 is 0 Å². The molecule has 2 aliphatic rings. The lowest BCUT2D eigenvalue weighted by Gasteiger charge is -2.28. The molecule has 2 aromatic rings. The van der Waals surface area contributed by atoms with E-state index in [1.54, 1.807) is 35.7 Å². The van der Waals surface area contributed by atoms with Gasteiger partial charge in [-0.3, -0.25) is 9.59 Å². The van der Waals surface area contributed by atoms with Crippen LogP contribution >= 0.6 is 27.3 Å². The van der Waals surface area contributed by atoms with Crippen LogP contribution in [-0.4, -0.2) is 54.8 Å². The monoisotopic (exact) mass is 530 g/mol. The van der Waals surface area contributed by atoms with Crippen molar-refractivity contribution in [3.05, 3.63) is 68.5 Å². The van der Waals surface area contributed by atoms with Crippen molar-refractivity contribution in [2.45, 2.75) is 24.8 Å². The molecule has 2 N–H and O–H groups in total. The molecule has 33 heavy (non-hydrogen) atoms. The summed E-state index contributed by atoms with van der Waals surface area (Å²) in [5.74, 6) is -1.26. The van der Waals surface area contributed by atoms with Gasteiger partial charge in [-0.1, -0.05) is 22.5 Å². The fourth-order valence-electron chi connectivity index (χ4n) is 3.92. The van der Waals surface area contributed by atoms with Gasteiger partial charge in [-0.2, -0.15) is 5.26 Å². The molecule has 2 amide bonds. The van der Waals surface area contributed by atoms with Gasteiger partial charge < -0.3 is 25.0 Å².